The second-order valence-corrected chi connectivity index (χ2v) is 6.72. The third-order valence-corrected chi connectivity index (χ3v) is 5.49. The molecule has 6 heteroatoms. The van der Waals surface area contributed by atoms with Gasteiger partial charge in [-0.25, -0.2) is 4.98 Å². The predicted molar refractivity (Wildman–Crippen MR) is 82.5 cm³/mol. The number of anilines is 2. The fourth-order valence-corrected chi connectivity index (χ4v) is 3.57. The molecule has 0 atom stereocenters. The molecule has 0 unspecified atom stereocenters. The van der Waals surface area contributed by atoms with Crippen molar-refractivity contribution in [3.8, 4) is 0 Å². The molecule has 0 amide bonds. The molecule has 1 aliphatic carbocycles. The zero-order chi connectivity index (χ0) is 13.0. The largest absolute Gasteiger partial charge is 0.368 e. The summed E-state index contributed by atoms with van der Waals surface area (Å²) in [5.41, 5.74) is 0. The molecule has 4 nitrogen and oxygen atoms in total. The maximum absolute atomic E-state index is 4.43. The number of hydrogen-bond acceptors (Lipinski definition) is 5. The smallest absolute Gasteiger partial charge is 0.224 e. The van der Waals surface area contributed by atoms with E-state index in [9.17, 15) is 0 Å². The van der Waals surface area contributed by atoms with E-state index in [-0.39, 0.29) is 0 Å². The number of rotatable bonds is 5. The Balaban J connectivity index is 2.05. The van der Waals surface area contributed by atoms with Gasteiger partial charge in [0.1, 0.15) is 5.82 Å². The van der Waals surface area contributed by atoms with Gasteiger partial charge < -0.3 is 10.6 Å². The van der Waals surface area contributed by atoms with Gasteiger partial charge in [-0.15, -0.1) is 0 Å². The fraction of sp³-hybridized carbons (Fsp3) is 0.667. The summed E-state index contributed by atoms with van der Waals surface area (Å²) in [6.45, 7) is 0.965. The van der Waals surface area contributed by atoms with E-state index in [1.807, 2.05) is 18.8 Å². The molecular formula is C12H19BrN4S. The van der Waals surface area contributed by atoms with Crippen molar-refractivity contribution in [1.82, 2.24) is 9.97 Å². The summed E-state index contributed by atoms with van der Waals surface area (Å²) >= 11 is 5.46. The lowest BCUT2D eigenvalue weighted by Gasteiger charge is -2.27. The molecule has 0 spiro atoms. The van der Waals surface area contributed by atoms with Crippen LogP contribution in [0.1, 0.15) is 25.7 Å². The minimum Gasteiger partial charge on any atom is -0.368 e. The van der Waals surface area contributed by atoms with Crippen LogP contribution in [0.25, 0.3) is 0 Å². The lowest BCUT2D eigenvalue weighted by atomic mass is 10.1. The Morgan fingerprint density at radius 1 is 1.44 bits per heavy atom. The van der Waals surface area contributed by atoms with Gasteiger partial charge in [-0.05, 0) is 35.0 Å². The van der Waals surface area contributed by atoms with Crippen LogP contribution in [-0.2, 0) is 0 Å². The number of hydrogen-bond donors (Lipinski definition) is 2. The minimum absolute atomic E-state index is 0.379. The maximum Gasteiger partial charge on any atom is 0.224 e. The quantitative estimate of drug-likeness (QED) is 0.866. The van der Waals surface area contributed by atoms with Crippen LogP contribution in [0, 0.1) is 0 Å². The van der Waals surface area contributed by atoms with E-state index < -0.39 is 0 Å². The number of aromatic nitrogens is 2. The molecule has 0 aliphatic heterocycles. The number of nitrogens with zero attached hydrogens (tertiary/aromatic N) is 2. The molecule has 0 aromatic carbocycles. The Labute approximate surface area is 121 Å². The minimum atomic E-state index is 0.379. The van der Waals surface area contributed by atoms with Crippen molar-refractivity contribution < 1.29 is 0 Å². The third-order valence-electron chi connectivity index (χ3n) is 3.49. The standard InChI is InChI=1S/C12H19BrN4S/c1-14-11-15-7-9(13)10(17-11)16-8-12(18-2)5-3-4-6-12/h7H,3-6,8H2,1-2H3,(H2,14,15,16,17). The van der Waals surface area contributed by atoms with Crippen LogP contribution in [0.5, 0.6) is 0 Å². The Morgan fingerprint density at radius 3 is 2.78 bits per heavy atom. The first kappa shape index (κ1) is 13.9. The third kappa shape index (κ3) is 3.09. The number of thioether (sulfide) groups is 1. The molecule has 1 heterocycles. The van der Waals surface area contributed by atoms with E-state index in [1.54, 1.807) is 6.20 Å². The topological polar surface area (TPSA) is 49.8 Å². The molecule has 1 fully saturated rings. The van der Waals surface area contributed by atoms with Crippen LogP contribution in [0.2, 0.25) is 0 Å². The van der Waals surface area contributed by atoms with Gasteiger partial charge in [-0.3, -0.25) is 0 Å². The summed E-state index contributed by atoms with van der Waals surface area (Å²) < 4.78 is 1.29. The van der Waals surface area contributed by atoms with Gasteiger partial charge in [0, 0.05) is 24.5 Å². The van der Waals surface area contributed by atoms with Gasteiger partial charge in [-0.2, -0.15) is 16.7 Å². The number of nitrogens with one attached hydrogen (secondary N) is 2. The van der Waals surface area contributed by atoms with Crippen molar-refractivity contribution in [2.45, 2.75) is 30.4 Å². The SMILES string of the molecule is CNc1ncc(Br)c(NCC2(SC)CCCC2)n1. The average Bonchev–Trinajstić information content (AvgIpc) is 2.87. The summed E-state index contributed by atoms with van der Waals surface area (Å²) in [4.78, 5) is 8.59. The van der Waals surface area contributed by atoms with Gasteiger partial charge in [-0.1, -0.05) is 12.8 Å². The molecule has 1 aromatic heterocycles. The molecule has 2 N–H and O–H groups in total. The van der Waals surface area contributed by atoms with Crippen molar-refractivity contribution in [3.05, 3.63) is 10.7 Å². The highest BCUT2D eigenvalue weighted by molar-refractivity contribution is 9.10. The van der Waals surface area contributed by atoms with Gasteiger partial charge in [0.25, 0.3) is 0 Å². The number of halogens is 1. The first-order valence-electron chi connectivity index (χ1n) is 6.18. The van der Waals surface area contributed by atoms with Gasteiger partial charge >= 0.3 is 0 Å². The Morgan fingerprint density at radius 2 is 2.17 bits per heavy atom. The Bertz CT molecular complexity index is 407. The second kappa shape index (κ2) is 6.10. The average molecular weight is 331 g/mol. The normalized spacial score (nSPS) is 17.7. The van der Waals surface area contributed by atoms with Crippen molar-refractivity contribution in [2.75, 3.05) is 30.5 Å². The monoisotopic (exact) mass is 330 g/mol. The lowest BCUT2D eigenvalue weighted by Crippen LogP contribution is -2.30. The first-order chi connectivity index (χ1) is 8.69. The Kier molecular flexibility index (Phi) is 4.72. The summed E-state index contributed by atoms with van der Waals surface area (Å²) in [5, 5.41) is 6.42. The van der Waals surface area contributed by atoms with E-state index in [0.29, 0.717) is 10.7 Å². The van der Waals surface area contributed by atoms with E-state index in [0.717, 1.165) is 16.8 Å². The molecule has 2 rings (SSSR count). The van der Waals surface area contributed by atoms with Gasteiger partial charge in [0.05, 0.1) is 4.47 Å². The van der Waals surface area contributed by atoms with Crippen LogP contribution in [0.15, 0.2) is 10.7 Å². The van der Waals surface area contributed by atoms with Crippen molar-refractivity contribution in [1.29, 1.82) is 0 Å². The van der Waals surface area contributed by atoms with Crippen molar-refractivity contribution in [2.24, 2.45) is 0 Å². The second-order valence-electron chi connectivity index (χ2n) is 4.59. The summed E-state index contributed by atoms with van der Waals surface area (Å²) in [5.74, 6) is 1.51. The molecule has 100 valence electrons. The zero-order valence-corrected chi connectivity index (χ0v) is 13.2. The van der Waals surface area contributed by atoms with Crippen molar-refractivity contribution >= 4 is 39.5 Å². The Hall–Kier alpha value is -0.490. The molecule has 1 aliphatic rings. The summed E-state index contributed by atoms with van der Waals surface area (Å²) in [7, 11) is 1.83. The fourth-order valence-electron chi connectivity index (χ4n) is 2.33. The van der Waals surface area contributed by atoms with Crippen LogP contribution in [-0.4, -0.2) is 34.6 Å². The van der Waals surface area contributed by atoms with E-state index in [2.05, 4.69) is 42.8 Å². The van der Waals surface area contributed by atoms with Crippen LogP contribution >= 0.6 is 27.7 Å². The molecule has 0 saturated heterocycles. The molecule has 1 saturated carbocycles. The molecular weight excluding hydrogens is 312 g/mol. The summed E-state index contributed by atoms with van der Waals surface area (Å²) in [6.07, 6.45) is 9.26. The first-order valence-corrected chi connectivity index (χ1v) is 8.20. The zero-order valence-electron chi connectivity index (χ0n) is 10.8. The van der Waals surface area contributed by atoms with Crippen LogP contribution < -0.4 is 10.6 Å². The predicted octanol–water partition coefficient (Wildman–Crippen LogP) is 3.37. The van der Waals surface area contributed by atoms with Crippen LogP contribution in [0.3, 0.4) is 0 Å². The van der Waals surface area contributed by atoms with Crippen LogP contribution in [0.4, 0.5) is 11.8 Å². The molecule has 1 aromatic rings. The molecule has 0 bridgehead atoms. The summed E-state index contributed by atoms with van der Waals surface area (Å²) in [6, 6.07) is 0. The van der Waals surface area contributed by atoms with Crippen molar-refractivity contribution in [3.63, 3.8) is 0 Å². The molecule has 0 radical (unpaired) electrons. The lowest BCUT2D eigenvalue weighted by molar-refractivity contribution is 0.638. The van der Waals surface area contributed by atoms with Gasteiger partial charge in [0.15, 0.2) is 0 Å². The molecule has 18 heavy (non-hydrogen) atoms. The highest BCUT2D eigenvalue weighted by atomic mass is 79.9. The highest BCUT2D eigenvalue weighted by Crippen LogP contribution is 2.40. The van der Waals surface area contributed by atoms with Gasteiger partial charge in [0.2, 0.25) is 5.95 Å². The van der Waals surface area contributed by atoms with E-state index in [4.69, 9.17) is 0 Å². The maximum atomic E-state index is 4.43. The highest BCUT2D eigenvalue weighted by Gasteiger charge is 2.32. The van der Waals surface area contributed by atoms with E-state index >= 15 is 0 Å². The van der Waals surface area contributed by atoms with E-state index in [1.165, 1.54) is 25.7 Å².